The number of aryl methyl sites for hydroxylation is 2. The largest absolute Gasteiger partial charge is 0.408 e. The van der Waals surface area contributed by atoms with Crippen LogP contribution in [0.1, 0.15) is 17.5 Å². The molecule has 26 heavy (non-hydrogen) atoms. The Hall–Kier alpha value is -1.03. The topological polar surface area (TPSA) is 16.1 Å². The first-order valence-corrected chi connectivity index (χ1v) is 9.60. The van der Waals surface area contributed by atoms with Gasteiger partial charge in [-0.2, -0.15) is 0 Å². The average molecular weight is 437 g/mol. The van der Waals surface area contributed by atoms with Gasteiger partial charge in [0.1, 0.15) is 0 Å². The summed E-state index contributed by atoms with van der Waals surface area (Å²) in [5.41, 5.74) is 4.99. The first kappa shape index (κ1) is 21.3. The fourth-order valence-corrected chi connectivity index (χ4v) is 3.72. The van der Waals surface area contributed by atoms with Crippen molar-refractivity contribution in [2.45, 2.75) is 19.3 Å². The summed E-state index contributed by atoms with van der Waals surface area (Å²) in [6, 6.07) is 19.5. The Morgan fingerprint density at radius 3 is 2.08 bits per heavy atom. The number of thiazole rings is 1. The minimum absolute atomic E-state index is 0. The molecule has 0 saturated heterocycles. The first-order chi connectivity index (χ1) is 12.3. The number of hydrogen-bond acceptors (Lipinski definition) is 3. The van der Waals surface area contributed by atoms with Crippen molar-refractivity contribution in [2.24, 2.45) is 0 Å². The molecule has 0 bridgehead atoms. The molecule has 1 heterocycles. The van der Waals surface area contributed by atoms with E-state index in [9.17, 15) is 0 Å². The quantitative estimate of drug-likeness (QED) is 0.435. The maximum absolute atomic E-state index is 4.72. The minimum Gasteiger partial charge on any atom is -0.408 e. The summed E-state index contributed by atoms with van der Waals surface area (Å²) in [5, 5.41) is 3.10. The van der Waals surface area contributed by atoms with E-state index in [1.807, 2.05) is 0 Å². The van der Waals surface area contributed by atoms with Crippen LogP contribution < -0.4 is 4.90 Å². The van der Waals surface area contributed by atoms with Crippen molar-refractivity contribution in [3.8, 4) is 11.3 Å². The molecule has 0 unspecified atom stereocenters. The zero-order chi connectivity index (χ0) is 17.5. The molecule has 3 aromatic rings. The van der Waals surface area contributed by atoms with Crippen molar-refractivity contribution >= 4 is 16.5 Å². The molecule has 2 nitrogen and oxygen atoms in total. The third-order valence-corrected chi connectivity index (χ3v) is 5.23. The molecule has 0 fully saturated rings. The van der Waals surface area contributed by atoms with Gasteiger partial charge in [0.25, 0.3) is 0 Å². The molecule has 1 radical (unpaired) electrons. The van der Waals surface area contributed by atoms with Gasteiger partial charge in [0.15, 0.2) is 5.13 Å². The van der Waals surface area contributed by atoms with E-state index in [1.54, 1.807) is 11.3 Å². The van der Waals surface area contributed by atoms with Crippen LogP contribution in [-0.2, 0) is 45.6 Å². The summed E-state index contributed by atoms with van der Waals surface area (Å²) in [7, 11) is 0. The predicted octanol–water partition coefficient (Wildman–Crippen LogP) is 5.46. The zero-order valence-electron chi connectivity index (χ0n) is 15.1. The van der Waals surface area contributed by atoms with Crippen molar-refractivity contribution in [1.82, 2.24) is 4.98 Å². The third kappa shape index (κ3) is 5.74. The Morgan fingerprint density at radius 2 is 1.46 bits per heavy atom. The molecule has 0 amide bonds. The van der Waals surface area contributed by atoms with Gasteiger partial charge >= 0.3 is 0 Å². The van der Waals surface area contributed by atoms with Crippen molar-refractivity contribution < 1.29 is 32.7 Å². The Morgan fingerprint density at radius 1 is 0.846 bits per heavy atom. The van der Waals surface area contributed by atoms with Gasteiger partial charge in [0.05, 0.1) is 5.69 Å². The summed E-state index contributed by atoms with van der Waals surface area (Å²) >= 11 is 1.65. The minimum atomic E-state index is 0. The van der Waals surface area contributed by atoms with E-state index in [0.29, 0.717) is 13.1 Å². The van der Waals surface area contributed by atoms with E-state index in [4.69, 9.17) is 4.98 Å². The standard InChI is InChI=1S/C22H24N2S.Y/c1-3-24(4-2)22-23-21(17-25-22)20-15-13-19(14-16-20)12-8-11-18-9-6-5-7-10-18;/h5-7,9-10,13-17H,1-4,8,11-12H2;/q-2;. The van der Waals surface area contributed by atoms with Crippen LogP contribution in [0.3, 0.4) is 0 Å². The van der Waals surface area contributed by atoms with Gasteiger partial charge in [-0.3, -0.25) is 0 Å². The zero-order valence-corrected chi connectivity index (χ0v) is 18.8. The van der Waals surface area contributed by atoms with Crippen LogP contribution in [0.25, 0.3) is 11.3 Å². The van der Waals surface area contributed by atoms with E-state index in [2.05, 4.69) is 78.7 Å². The molecule has 3 rings (SSSR count). The van der Waals surface area contributed by atoms with Crippen molar-refractivity contribution in [3.63, 3.8) is 0 Å². The SMILES string of the molecule is [CH2-]CN(C[CH2-])c1nc(-c2ccc(CCCc3ccccc3)cc2)cs1.[Y]. The van der Waals surface area contributed by atoms with Gasteiger partial charge in [-0.25, -0.2) is 4.98 Å². The summed E-state index contributed by atoms with van der Waals surface area (Å²) in [6.07, 6.45) is 3.41. The predicted molar refractivity (Wildman–Crippen MR) is 109 cm³/mol. The number of hydrogen-bond donors (Lipinski definition) is 0. The summed E-state index contributed by atoms with van der Waals surface area (Å²) in [5.74, 6) is 0. The number of nitrogens with zero attached hydrogens (tertiary/aromatic N) is 2. The molecule has 0 saturated carbocycles. The normalized spacial score (nSPS) is 10.4. The van der Waals surface area contributed by atoms with E-state index in [-0.39, 0.29) is 32.7 Å². The van der Waals surface area contributed by atoms with Gasteiger partial charge in [0, 0.05) is 43.7 Å². The first-order valence-electron chi connectivity index (χ1n) is 8.72. The van der Waals surface area contributed by atoms with E-state index in [0.717, 1.165) is 23.7 Å². The number of anilines is 1. The fourth-order valence-electron chi connectivity index (χ4n) is 2.83. The second-order valence-electron chi connectivity index (χ2n) is 6.04. The molecule has 0 aliphatic rings. The van der Waals surface area contributed by atoms with E-state index < -0.39 is 0 Å². The van der Waals surface area contributed by atoms with Crippen LogP contribution in [0.15, 0.2) is 60.0 Å². The van der Waals surface area contributed by atoms with Gasteiger partial charge in [-0.15, -0.1) is 24.4 Å². The Bertz CT molecular complexity index is 764. The van der Waals surface area contributed by atoms with Gasteiger partial charge in [0.2, 0.25) is 0 Å². The summed E-state index contributed by atoms with van der Waals surface area (Å²) in [4.78, 5) is 6.79. The molecular formula is C22H24N2SY-2. The Labute approximate surface area is 186 Å². The molecule has 2 aromatic carbocycles. The smallest absolute Gasteiger partial charge is 0.180 e. The molecule has 0 aliphatic heterocycles. The molecule has 0 atom stereocenters. The van der Waals surface area contributed by atoms with Crippen LogP contribution in [0.5, 0.6) is 0 Å². The van der Waals surface area contributed by atoms with Crippen molar-refractivity contribution in [1.29, 1.82) is 0 Å². The van der Waals surface area contributed by atoms with E-state index in [1.165, 1.54) is 23.1 Å². The van der Waals surface area contributed by atoms with Crippen LogP contribution in [0, 0.1) is 13.8 Å². The maximum Gasteiger partial charge on any atom is 0.180 e. The molecule has 0 N–H and O–H groups in total. The molecule has 4 heteroatoms. The molecule has 133 valence electrons. The Balaban J connectivity index is 0.00000243. The van der Waals surface area contributed by atoms with Crippen LogP contribution >= 0.6 is 11.3 Å². The second kappa shape index (κ2) is 11.0. The van der Waals surface area contributed by atoms with Gasteiger partial charge in [-0.05, 0) is 30.4 Å². The van der Waals surface area contributed by atoms with E-state index >= 15 is 0 Å². The van der Waals surface area contributed by atoms with Crippen LogP contribution in [0.2, 0.25) is 0 Å². The molecule has 1 aromatic heterocycles. The van der Waals surface area contributed by atoms with Crippen LogP contribution in [-0.4, -0.2) is 18.1 Å². The van der Waals surface area contributed by atoms with Gasteiger partial charge < -0.3 is 18.7 Å². The number of aromatic nitrogens is 1. The molecule has 0 spiro atoms. The van der Waals surface area contributed by atoms with Gasteiger partial charge in [-0.1, -0.05) is 54.6 Å². The second-order valence-corrected chi connectivity index (χ2v) is 6.87. The monoisotopic (exact) mass is 437 g/mol. The molecular weight excluding hydrogens is 413 g/mol. The Kier molecular flexibility index (Phi) is 8.97. The summed E-state index contributed by atoms with van der Waals surface area (Å²) < 4.78 is 0. The summed E-state index contributed by atoms with van der Waals surface area (Å²) in [6.45, 7) is 9.24. The average Bonchev–Trinajstić information content (AvgIpc) is 3.14. The van der Waals surface area contributed by atoms with Crippen molar-refractivity contribution in [3.05, 3.63) is 85.0 Å². The number of rotatable bonds is 8. The maximum atomic E-state index is 4.72. The fraction of sp³-hybridized carbons (Fsp3) is 0.227. The van der Waals surface area contributed by atoms with Crippen molar-refractivity contribution in [2.75, 3.05) is 18.0 Å². The third-order valence-electron chi connectivity index (χ3n) is 4.33. The van der Waals surface area contributed by atoms with Crippen LogP contribution in [0.4, 0.5) is 5.13 Å². The number of benzene rings is 2. The molecule has 0 aliphatic carbocycles.